The average Bonchev–Trinajstić information content (AvgIpc) is 3.08. The highest BCUT2D eigenvalue weighted by molar-refractivity contribution is 6.27. The lowest BCUT2D eigenvalue weighted by Crippen LogP contribution is -2.49. The van der Waals surface area contributed by atoms with Crippen molar-refractivity contribution in [2.75, 3.05) is 6.54 Å². The van der Waals surface area contributed by atoms with Crippen molar-refractivity contribution in [3.8, 4) is 0 Å². The monoisotopic (exact) mass is 486 g/mol. The molecule has 1 aromatic carbocycles. The molecule has 0 amide bonds. The van der Waals surface area contributed by atoms with E-state index in [-0.39, 0.29) is 6.10 Å². The summed E-state index contributed by atoms with van der Waals surface area (Å²) in [5.41, 5.74) is 5.23. The molecule has 4 rings (SSSR count). The highest BCUT2D eigenvalue weighted by Gasteiger charge is 2.30. The Morgan fingerprint density at radius 1 is 0.914 bits per heavy atom. The molecular formula is C28H42N2O5. The van der Waals surface area contributed by atoms with E-state index in [0.29, 0.717) is 18.6 Å². The molecule has 2 aromatic rings. The Labute approximate surface area is 208 Å². The van der Waals surface area contributed by atoms with Gasteiger partial charge in [0.2, 0.25) is 0 Å². The summed E-state index contributed by atoms with van der Waals surface area (Å²) in [7, 11) is 0. The van der Waals surface area contributed by atoms with Crippen molar-refractivity contribution in [1.29, 1.82) is 0 Å². The van der Waals surface area contributed by atoms with E-state index in [2.05, 4.69) is 48.4 Å². The van der Waals surface area contributed by atoms with Gasteiger partial charge in [0.25, 0.3) is 0 Å². The number of carbonyl (C=O) groups is 2. The maximum atomic E-state index is 11.2. The van der Waals surface area contributed by atoms with Gasteiger partial charge in [0.05, 0.1) is 12.6 Å². The van der Waals surface area contributed by atoms with Crippen molar-refractivity contribution in [1.82, 2.24) is 9.47 Å². The van der Waals surface area contributed by atoms with E-state index in [0.717, 1.165) is 6.54 Å². The Hall–Kier alpha value is -2.38. The standard InChI is InChI=1S/C26H40N2O.C2H2O4/c1-19-14-15-26-25(16-19)20(2)21(3)27(26)17-24(29)18-28(22-10-6-4-7-11-22)23-12-8-5-9-13-23;3-1(4)2(5)6/h14-16,22-24,29H,4-13,17-18H2,1-3H3;(H,3,4)(H,5,6). The minimum atomic E-state index is -1.82. The quantitative estimate of drug-likeness (QED) is 0.494. The summed E-state index contributed by atoms with van der Waals surface area (Å²) >= 11 is 0. The first-order valence-corrected chi connectivity index (χ1v) is 13.1. The van der Waals surface area contributed by atoms with Gasteiger partial charge in [-0.25, -0.2) is 9.59 Å². The predicted octanol–water partition coefficient (Wildman–Crippen LogP) is 5.05. The van der Waals surface area contributed by atoms with Crippen molar-refractivity contribution in [2.45, 2.75) is 110 Å². The van der Waals surface area contributed by atoms with E-state index in [9.17, 15) is 5.11 Å². The van der Waals surface area contributed by atoms with Crippen molar-refractivity contribution in [2.24, 2.45) is 0 Å². The second-order valence-corrected chi connectivity index (χ2v) is 10.4. The Morgan fingerprint density at radius 2 is 1.43 bits per heavy atom. The Bertz CT molecular complexity index is 972. The number of carboxylic acid groups (broad SMARTS) is 2. The number of fused-ring (bicyclic) bond motifs is 1. The van der Waals surface area contributed by atoms with E-state index >= 15 is 0 Å². The van der Waals surface area contributed by atoms with Gasteiger partial charge in [0, 0.05) is 35.2 Å². The molecule has 0 saturated heterocycles. The Kier molecular flexibility index (Phi) is 9.75. The first kappa shape index (κ1) is 27.2. The third-order valence-electron chi connectivity index (χ3n) is 7.88. The number of aliphatic carboxylic acids is 2. The average molecular weight is 487 g/mol. The maximum Gasteiger partial charge on any atom is 0.414 e. The third-order valence-corrected chi connectivity index (χ3v) is 7.88. The highest BCUT2D eigenvalue weighted by Crippen LogP contribution is 2.31. The van der Waals surface area contributed by atoms with E-state index in [1.54, 1.807) is 0 Å². The number of aliphatic hydroxyl groups excluding tert-OH is 1. The van der Waals surface area contributed by atoms with Crippen LogP contribution in [0.4, 0.5) is 0 Å². The fourth-order valence-corrected chi connectivity index (χ4v) is 5.93. The number of aromatic nitrogens is 1. The van der Waals surface area contributed by atoms with Crippen LogP contribution in [0.1, 0.15) is 81.0 Å². The molecule has 7 nitrogen and oxygen atoms in total. The Balaban J connectivity index is 0.000000509. The molecule has 1 aromatic heterocycles. The minimum absolute atomic E-state index is 0.311. The molecule has 7 heteroatoms. The van der Waals surface area contributed by atoms with Crippen LogP contribution >= 0.6 is 0 Å². The largest absolute Gasteiger partial charge is 0.473 e. The number of rotatable bonds is 6. The number of carboxylic acids is 2. The lowest BCUT2D eigenvalue weighted by molar-refractivity contribution is -0.159. The number of hydrogen-bond acceptors (Lipinski definition) is 4. The lowest BCUT2D eigenvalue weighted by atomic mass is 9.88. The molecule has 1 atom stereocenters. The van der Waals surface area contributed by atoms with Gasteiger partial charge in [0.1, 0.15) is 0 Å². The van der Waals surface area contributed by atoms with Gasteiger partial charge in [-0.1, -0.05) is 50.2 Å². The van der Waals surface area contributed by atoms with E-state index in [1.807, 2.05) is 0 Å². The van der Waals surface area contributed by atoms with Crippen molar-refractivity contribution >= 4 is 22.8 Å². The van der Waals surface area contributed by atoms with Gasteiger partial charge in [-0.3, -0.25) is 4.90 Å². The number of benzene rings is 1. The van der Waals surface area contributed by atoms with E-state index < -0.39 is 11.9 Å². The Morgan fingerprint density at radius 3 is 1.91 bits per heavy atom. The number of hydrogen-bond donors (Lipinski definition) is 3. The summed E-state index contributed by atoms with van der Waals surface area (Å²) < 4.78 is 2.36. The first-order chi connectivity index (χ1) is 16.7. The highest BCUT2D eigenvalue weighted by atomic mass is 16.4. The zero-order valence-corrected chi connectivity index (χ0v) is 21.5. The van der Waals surface area contributed by atoms with Crippen LogP contribution in [0.5, 0.6) is 0 Å². The number of aryl methyl sites for hydroxylation is 2. The smallest absolute Gasteiger partial charge is 0.414 e. The molecule has 3 N–H and O–H groups in total. The molecular weight excluding hydrogens is 444 g/mol. The van der Waals surface area contributed by atoms with Crippen LogP contribution in [-0.2, 0) is 16.1 Å². The molecule has 194 valence electrons. The molecule has 2 aliphatic carbocycles. The molecule has 0 aliphatic heterocycles. The zero-order chi connectivity index (χ0) is 25.5. The molecule has 1 unspecified atom stereocenters. The van der Waals surface area contributed by atoms with Crippen LogP contribution in [0.3, 0.4) is 0 Å². The summed E-state index contributed by atoms with van der Waals surface area (Å²) in [6.07, 6.45) is 13.2. The SMILES string of the molecule is Cc1ccc2c(c1)c(C)c(C)n2CC(O)CN(C1CCCCC1)C1CCCCC1.O=C(O)C(=O)O. The summed E-state index contributed by atoms with van der Waals surface area (Å²) in [6, 6.07) is 8.09. The normalized spacial score (nSPS) is 18.3. The van der Waals surface area contributed by atoms with Crippen LogP contribution < -0.4 is 0 Å². The molecule has 1 heterocycles. The van der Waals surface area contributed by atoms with Crippen LogP contribution in [-0.4, -0.2) is 61.5 Å². The van der Waals surface area contributed by atoms with Gasteiger partial charge in [0.15, 0.2) is 0 Å². The van der Waals surface area contributed by atoms with Crippen LogP contribution in [0.2, 0.25) is 0 Å². The van der Waals surface area contributed by atoms with E-state index in [4.69, 9.17) is 19.8 Å². The predicted molar refractivity (Wildman–Crippen MR) is 138 cm³/mol. The number of aliphatic hydroxyl groups is 1. The van der Waals surface area contributed by atoms with Crippen LogP contribution in [0.25, 0.3) is 10.9 Å². The van der Waals surface area contributed by atoms with Gasteiger partial charge in [-0.2, -0.15) is 0 Å². The van der Waals surface area contributed by atoms with Crippen molar-refractivity contribution < 1.29 is 24.9 Å². The number of nitrogens with zero attached hydrogens (tertiary/aromatic N) is 2. The topological polar surface area (TPSA) is 103 Å². The summed E-state index contributed by atoms with van der Waals surface area (Å²) in [6.45, 7) is 8.12. The molecule has 2 fully saturated rings. The van der Waals surface area contributed by atoms with Crippen LogP contribution in [0, 0.1) is 20.8 Å². The molecule has 2 aliphatic rings. The third kappa shape index (κ3) is 7.07. The molecule has 2 saturated carbocycles. The van der Waals surface area contributed by atoms with Gasteiger partial charge in [-0.15, -0.1) is 0 Å². The van der Waals surface area contributed by atoms with Crippen molar-refractivity contribution in [3.63, 3.8) is 0 Å². The van der Waals surface area contributed by atoms with E-state index in [1.165, 1.54) is 91.9 Å². The molecule has 0 radical (unpaired) electrons. The molecule has 0 spiro atoms. The fraction of sp³-hybridized carbons (Fsp3) is 0.643. The first-order valence-electron chi connectivity index (χ1n) is 13.1. The molecule has 0 bridgehead atoms. The fourth-order valence-electron chi connectivity index (χ4n) is 5.93. The second kappa shape index (κ2) is 12.5. The van der Waals surface area contributed by atoms with Gasteiger partial charge < -0.3 is 19.9 Å². The summed E-state index contributed by atoms with van der Waals surface area (Å²) in [5, 5.41) is 27.3. The van der Waals surface area contributed by atoms with Crippen molar-refractivity contribution in [3.05, 3.63) is 35.0 Å². The molecule has 35 heavy (non-hydrogen) atoms. The summed E-state index contributed by atoms with van der Waals surface area (Å²) in [4.78, 5) is 20.9. The zero-order valence-electron chi connectivity index (χ0n) is 21.5. The summed E-state index contributed by atoms with van der Waals surface area (Å²) in [5.74, 6) is -3.65. The van der Waals surface area contributed by atoms with Gasteiger partial charge >= 0.3 is 11.9 Å². The second-order valence-electron chi connectivity index (χ2n) is 10.4. The maximum absolute atomic E-state index is 11.2. The lowest BCUT2D eigenvalue weighted by Gasteiger charge is -2.42. The van der Waals surface area contributed by atoms with Crippen LogP contribution in [0.15, 0.2) is 18.2 Å². The van der Waals surface area contributed by atoms with Gasteiger partial charge in [-0.05, 0) is 64.2 Å². The minimum Gasteiger partial charge on any atom is -0.473 e.